The van der Waals surface area contributed by atoms with Crippen molar-refractivity contribution in [1.29, 1.82) is 0 Å². The maximum atomic E-state index is 10.4. The minimum atomic E-state index is -1.13. The Balaban J connectivity index is 0.000000161. The molecule has 0 radical (unpaired) electrons. The number of carboxylic acids is 4. The molecule has 9 nitrogen and oxygen atoms in total. The average Bonchev–Trinajstić information content (AvgIpc) is 3.36. The Hall–Kier alpha value is -6.22. The fraction of sp³-hybridized carbons (Fsp3) is 0.0286. The highest BCUT2D eigenvalue weighted by molar-refractivity contribution is 5.93. The Labute approximate surface area is 252 Å². The van der Waals surface area contributed by atoms with Gasteiger partial charge in [0.1, 0.15) is 0 Å². The second kappa shape index (κ2) is 13.6. The number of fused-ring (bicyclic) bond motifs is 3. The van der Waals surface area contributed by atoms with Crippen LogP contribution in [0.5, 0.6) is 0 Å². The van der Waals surface area contributed by atoms with Crippen LogP contribution in [0.1, 0.15) is 64.0 Å². The molecule has 0 saturated heterocycles. The summed E-state index contributed by atoms with van der Waals surface area (Å²) in [6.45, 7) is 0. The van der Waals surface area contributed by atoms with Gasteiger partial charge >= 0.3 is 23.9 Å². The lowest BCUT2D eigenvalue weighted by atomic mass is 9.89. The first-order valence-electron chi connectivity index (χ1n) is 13.2. The Bertz CT molecular complexity index is 1720. The number of hydrogen-bond acceptors (Lipinski definition) is 5. The standard InChI is InChI=1S/C19H15N.2C8H6O4/c20-14-11-9-13(10-12-14)19-17-7-3-1-5-15(17)16-6-2-4-8-18(16)19;9-7(10)5-1-2-6(4-3-5)8(11)12;9-7(10)5-2-1-3-6(4-5)8(11)12/h1-12,19H,20H2;2*1-4H,(H,9,10)(H,11,12). The highest BCUT2D eigenvalue weighted by Gasteiger charge is 2.28. The molecule has 0 bridgehead atoms. The van der Waals surface area contributed by atoms with Gasteiger partial charge in [-0.3, -0.25) is 0 Å². The average molecular weight is 590 g/mol. The first kappa shape index (κ1) is 30.7. The smallest absolute Gasteiger partial charge is 0.335 e. The quantitative estimate of drug-likeness (QED) is 0.139. The SMILES string of the molecule is Nc1ccc(C2c3ccccc3-c3ccccc32)cc1.O=C(O)c1ccc(C(=O)O)cc1.O=C(O)c1cccc(C(=O)O)c1. The van der Waals surface area contributed by atoms with Crippen molar-refractivity contribution in [2.45, 2.75) is 5.92 Å². The summed E-state index contributed by atoms with van der Waals surface area (Å²) in [7, 11) is 0. The highest BCUT2D eigenvalue weighted by Crippen LogP contribution is 2.47. The molecule has 0 atom stereocenters. The second-order valence-corrected chi connectivity index (χ2v) is 9.65. The van der Waals surface area contributed by atoms with E-state index in [9.17, 15) is 19.2 Å². The van der Waals surface area contributed by atoms with Crippen LogP contribution < -0.4 is 5.73 Å². The van der Waals surface area contributed by atoms with E-state index in [4.69, 9.17) is 26.2 Å². The van der Waals surface area contributed by atoms with Gasteiger partial charge in [-0.2, -0.15) is 0 Å². The summed E-state index contributed by atoms with van der Waals surface area (Å²) < 4.78 is 0. The molecule has 0 amide bonds. The number of carboxylic acid groups (broad SMARTS) is 4. The molecular formula is C35H27NO8. The van der Waals surface area contributed by atoms with Gasteiger partial charge in [0.25, 0.3) is 0 Å². The number of carbonyl (C=O) groups is 4. The van der Waals surface area contributed by atoms with Crippen molar-refractivity contribution in [3.63, 3.8) is 0 Å². The number of benzene rings is 5. The van der Waals surface area contributed by atoms with Crippen molar-refractivity contribution in [2.75, 3.05) is 5.73 Å². The van der Waals surface area contributed by atoms with Gasteiger partial charge in [0, 0.05) is 11.6 Å². The molecule has 0 heterocycles. The van der Waals surface area contributed by atoms with E-state index in [1.54, 1.807) is 0 Å². The van der Waals surface area contributed by atoms with E-state index in [0.29, 0.717) is 5.92 Å². The number of nitrogen functional groups attached to an aromatic ring is 1. The van der Waals surface area contributed by atoms with Crippen molar-refractivity contribution >= 4 is 29.6 Å². The summed E-state index contributed by atoms with van der Waals surface area (Å²) in [6.07, 6.45) is 0. The molecule has 0 fully saturated rings. The molecule has 6 rings (SSSR count). The first-order valence-corrected chi connectivity index (χ1v) is 13.2. The van der Waals surface area contributed by atoms with Crippen LogP contribution in [0.2, 0.25) is 0 Å². The first-order chi connectivity index (χ1) is 21.1. The third kappa shape index (κ3) is 7.15. The Morgan fingerprint density at radius 3 is 1.23 bits per heavy atom. The third-order valence-electron chi connectivity index (χ3n) is 6.84. The predicted octanol–water partition coefficient (Wildman–Crippen LogP) is 6.60. The zero-order chi connectivity index (χ0) is 31.8. The van der Waals surface area contributed by atoms with Crippen LogP contribution >= 0.6 is 0 Å². The molecule has 0 aromatic heterocycles. The number of rotatable bonds is 5. The number of anilines is 1. The van der Waals surface area contributed by atoms with Gasteiger partial charge in [-0.05, 0) is 82.4 Å². The van der Waals surface area contributed by atoms with Crippen LogP contribution in [0.3, 0.4) is 0 Å². The van der Waals surface area contributed by atoms with E-state index in [2.05, 4.69) is 60.7 Å². The van der Waals surface area contributed by atoms with Gasteiger partial charge in [0.2, 0.25) is 0 Å². The summed E-state index contributed by atoms with van der Waals surface area (Å²) in [5.74, 6) is -4.06. The van der Waals surface area contributed by atoms with E-state index >= 15 is 0 Å². The van der Waals surface area contributed by atoms with Crippen LogP contribution in [0.15, 0.2) is 121 Å². The molecule has 1 aliphatic rings. The van der Waals surface area contributed by atoms with Gasteiger partial charge in [-0.1, -0.05) is 66.7 Å². The van der Waals surface area contributed by atoms with E-state index in [1.807, 2.05) is 12.1 Å². The van der Waals surface area contributed by atoms with Gasteiger partial charge in [0.05, 0.1) is 22.3 Å². The summed E-state index contributed by atoms with van der Waals surface area (Å²) in [5, 5.41) is 33.9. The Kier molecular flexibility index (Phi) is 9.52. The van der Waals surface area contributed by atoms with E-state index in [1.165, 1.54) is 70.3 Å². The normalized spacial score (nSPS) is 11.0. The van der Waals surface area contributed by atoms with Crippen LogP contribution in [-0.2, 0) is 0 Å². The van der Waals surface area contributed by atoms with Gasteiger partial charge in [-0.15, -0.1) is 0 Å². The monoisotopic (exact) mass is 589 g/mol. The second-order valence-electron chi connectivity index (χ2n) is 9.65. The maximum absolute atomic E-state index is 10.4. The number of nitrogens with two attached hydrogens (primary N) is 1. The molecule has 0 saturated carbocycles. The molecule has 44 heavy (non-hydrogen) atoms. The molecular weight excluding hydrogens is 562 g/mol. The minimum Gasteiger partial charge on any atom is -0.478 e. The highest BCUT2D eigenvalue weighted by atomic mass is 16.4. The van der Waals surface area contributed by atoms with E-state index in [-0.39, 0.29) is 22.3 Å². The Morgan fingerprint density at radius 2 is 0.841 bits per heavy atom. The van der Waals surface area contributed by atoms with Gasteiger partial charge in [-0.25, -0.2) is 19.2 Å². The largest absolute Gasteiger partial charge is 0.478 e. The topological polar surface area (TPSA) is 175 Å². The van der Waals surface area contributed by atoms with E-state index < -0.39 is 23.9 Å². The maximum Gasteiger partial charge on any atom is 0.335 e. The summed E-state index contributed by atoms with van der Waals surface area (Å²) in [5.41, 5.74) is 13.5. The summed E-state index contributed by atoms with van der Waals surface area (Å²) >= 11 is 0. The summed E-state index contributed by atoms with van der Waals surface area (Å²) in [6, 6.07) is 35.8. The number of hydrogen-bond donors (Lipinski definition) is 5. The van der Waals surface area contributed by atoms with Crippen LogP contribution in [0.25, 0.3) is 11.1 Å². The molecule has 1 aliphatic carbocycles. The molecule has 5 aromatic rings. The van der Waals surface area contributed by atoms with Crippen LogP contribution in [-0.4, -0.2) is 44.3 Å². The van der Waals surface area contributed by atoms with Crippen molar-refractivity contribution in [2.24, 2.45) is 0 Å². The van der Waals surface area contributed by atoms with Gasteiger partial charge in [0.15, 0.2) is 0 Å². The lowest BCUT2D eigenvalue weighted by Gasteiger charge is -2.14. The van der Waals surface area contributed by atoms with Crippen LogP contribution in [0.4, 0.5) is 5.69 Å². The minimum absolute atomic E-state index is 0.0186. The Morgan fingerprint density at radius 1 is 0.455 bits per heavy atom. The third-order valence-corrected chi connectivity index (χ3v) is 6.84. The molecule has 0 aliphatic heterocycles. The van der Waals surface area contributed by atoms with Gasteiger partial charge < -0.3 is 26.2 Å². The lowest BCUT2D eigenvalue weighted by molar-refractivity contribution is 0.0681. The van der Waals surface area contributed by atoms with Crippen LogP contribution in [0, 0.1) is 0 Å². The molecule has 9 heteroatoms. The van der Waals surface area contributed by atoms with E-state index in [0.717, 1.165) is 11.8 Å². The molecule has 6 N–H and O–H groups in total. The molecule has 0 unspecified atom stereocenters. The predicted molar refractivity (Wildman–Crippen MR) is 164 cm³/mol. The zero-order valence-electron chi connectivity index (χ0n) is 23.1. The summed E-state index contributed by atoms with van der Waals surface area (Å²) in [4.78, 5) is 41.4. The fourth-order valence-corrected chi connectivity index (χ4v) is 4.74. The van der Waals surface area contributed by atoms with Crippen molar-refractivity contribution < 1.29 is 39.6 Å². The molecule has 0 spiro atoms. The zero-order valence-corrected chi connectivity index (χ0v) is 23.1. The molecule has 5 aromatic carbocycles. The lowest BCUT2D eigenvalue weighted by Crippen LogP contribution is -2.01. The molecule has 220 valence electrons. The van der Waals surface area contributed by atoms with Crippen molar-refractivity contribution in [1.82, 2.24) is 0 Å². The number of aromatic carboxylic acids is 4. The van der Waals surface area contributed by atoms with Crippen molar-refractivity contribution in [3.05, 3.63) is 160 Å². The fourth-order valence-electron chi connectivity index (χ4n) is 4.74. The van der Waals surface area contributed by atoms with Crippen molar-refractivity contribution in [3.8, 4) is 11.1 Å².